The molecule has 0 atom stereocenters. The van der Waals surface area contributed by atoms with E-state index in [0.717, 1.165) is 69.9 Å². The molecule has 2 aliphatic heterocycles. The topological polar surface area (TPSA) is 75.5 Å². The number of nitrogens with zero attached hydrogens (tertiary/aromatic N) is 5. The molecule has 4 rings (SSSR count). The van der Waals surface area contributed by atoms with Gasteiger partial charge in [0.2, 0.25) is 0 Å². The van der Waals surface area contributed by atoms with Gasteiger partial charge in [-0.25, -0.2) is 9.78 Å². The molecule has 0 bridgehead atoms. The maximum atomic E-state index is 12.3. The molecule has 180 valence electrons. The number of rotatable bonds is 5. The molecule has 2 aliphatic rings. The zero-order chi connectivity index (χ0) is 23.4. The number of likely N-dealkylation sites (tertiary alicyclic amines) is 2. The Bertz CT molecular complexity index is 910. The van der Waals surface area contributed by atoms with Gasteiger partial charge < -0.3 is 19.9 Å². The van der Waals surface area contributed by atoms with Crippen LogP contribution in [0.4, 0.5) is 16.3 Å². The number of piperidine rings is 2. The summed E-state index contributed by atoms with van der Waals surface area (Å²) >= 11 is 5.90. The molecule has 0 radical (unpaired) electrons. The van der Waals surface area contributed by atoms with Crippen LogP contribution in [0.1, 0.15) is 52.5 Å². The normalized spacial score (nSPS) is 19.0. The lowest BCUT2D eigenvalue weighted by atomic mass is 9.95. The van der Waals surface area contributed by atoms with Crippen LogP contribution in [-0.2, 0) is 4.74 Å². The Kier molecular flexibility index (Phi) is 7.44. The molecular weight excluding hydrogens is 440 g/mol. The number of ether oxygens (including phenoxy) is 1. The number of pyridine rings is 1. The van der Waals surface area contributed by atoms with Gasteiger partial charge >= 0.3 is 6.09 Å². The summed E-state index contributed by atoms with van der Waals surface area (Å²) in [5.41, 5.74) is 0.500. The SMILES string of the molecule is CC(C)(C)OC(=O)N1CCC(CN2CCC(n3cc(Nc4ccc(Cl)cn4)cn3)CC2)CC1. The van der Waals surface area contributed by atoms with Crippen molar-refractivity contribution in [1.29, 1.82) is 0 Å². The maximum Gasteiger partial charge on any atom is 0.410 e. The quantitative estimate of drug-likeness (QED) is 0.660. The van der Waals surface area contributed by atoms with Crippen LogP contribution >= 0.6 is 11.6 Å². The van der Waals surface area contributed by atoms with E-state index in [2.05, 4.69) is 31.2 Å². The molecule has 8 nitrogen and oxygen atoms in total. The van der Waals surface area contributed by atoms with Crippen LogP contribution in [0.25, 0.3) is 0 Å². The van der Waals surface area contributed by atoms with Gasteiger partial charge in [-0.1, -0.05) is 11.6 Å². The highest BCUT2D eigenvalue weighted by Crippen LogP contribution is 2.27. The zero-order valence-corrected chi connectivity index (χ0v) is 20.6. The molecular formula is C24H35ClN6O2. The van der Waals surface area contributed by atoms with Gasteiger partial charge in [-0.3, -0.25) is 4.68 Å². The maximum absolute atomic E-state index is 12.3. The molecule has 9 heteroatoms. The van der Waals surface area contributed by atoms with Crippen molar-refractivity contribution in [1.82, 2.24) is 24.6 Å². The average Bonchev–Trinajstić information content (AvgIpc) is 3.24. The summed E-state index contributed by atoms with van der Waals surface area (Å²) in [6.07, 6.45) is 9.64. The van der Waals surface area contributed by atoms with Crippen molar-refractivity contribution in [2.24, 2.45) is 5.92 Å². The number of aromatic nitrogens is 3. The Morgan fingerprint density at radius 2 is 1.85 bits per heavy atom. The lowest BCUT2D eigenvalue weighted by molar-refractivity contribution is 0.0164. The second-order valence-corrected chi connectivity index (χ2v) is 10.6. The van der Waals surface area contributed by atoms with E-state index in [4.69, 9.17) is 16.3 Å². The van der Waals surface area contributed by atoms with Crippen molar-refractivity contribution >= 4 is 29.2 Å². The molecule has 1 N–H and O–H groups in total. The fraction of sp³-hybridized carbons (Fsp3) is 0.625. The summed E-state index contributed by atoms with van der Waals surface area (Å²) in [6, 6.07) is 4.10. The molecule has 33 heavy (non-hydrogen) atoms. The fourth-order valence-electron chi connectivity index (χ4n) is 4.56. The van der Waals surface area contributed by atoms with E-state index in [1.165, 1.54) is 0 Å². The molecule has 0 saturated carbocycles. The van der Waals surface area contributed by atoms with E-state index in [1.54, 1.807) is 6.20 Å². The molecule has 0 spiro atoms. The Morgan fingerprint density at radius 3 is 2.48 bits per heavy atom. The summed E-state index contributed by atoms with van der Waals surface area (Å²) in [6.45, 7) is 10.6. The smallest absolute Gasteiger partial charge is 0.410 e. The van der Waals surface area contributed by atoms with Crippen molar-refractivity contribution in [3.8, 4) is 0 Å². The molecule has 2 fully saturated rings. The lowest BCUT2D eigenvalue weighted by Gasteiger charge is -2.38. The largest absolute Gasteiger partial charge is 0.444 e. The van der Waals surface area contributed by atoms with Crippen molar-refractivity contribution in [2.75, 3.05) is 38.0 Å². The second-order valence-electron chi connectivity index (χ2n) is 10.1. The number of nitrogens with one attached hydrogen (secondary N) is 1. The van der Waals surface area contributed by atoms with Crippen LogP contribution in [0.3, 0.4) is 0 Å². The van der Waals surface area contributed by atoms with Crippen LogP contribution in [-0.4, -0.2) is 69.0 Å². The molecule has 2 saturated heterocycles. The Hall–Kier alpha value is -2.32. The molecule has 4 heterocycles. The third-order valence-corrected chi connectivity index (χ3v) is 6.54. The second kappa shape index (κ2) is 10.3. The van der Waals surface area contributed by atoms with Gasteiger partial charge in [0.25, 0.3) is 0 Å². The monoisotopic (exact) mass is 474 g/mol. The number of hydrogen-bond donors (Lipinski definition) is 1. The van der Waals surface area contributed by atoms with Crippen molar-refractivity contribution in [3.05, 3.63) is 35.7 Å². The van der Waals surface area contributed by atoms with Gasteiger partial charge in [-0.15, -0.1) is 0 Å². The first-order valence-electron chi connectivity index (χ1n) is 11.9. The molecule has 0 aromatic carbocycles. The summed E-state index contributed by atoms with van der Waals surface area (Å²) in [5, 5.41) is 8.48. The molecule has 1 amide bonds. The first-order chi connectivity index (χ1) is 15.7. The highest BCUT2D eigenvalue weighted by molar-refractivity contribution is 6.30. The predicted molar refractivity (Wildman–Crippen MR) is 130 cm³/mol. The minimum atomic E-state index is -0.434. The first-order valence-corrected chi connectivity index (χ1v) is 12.3. The fourth-order valence-corrected chi connectivity index (χ4v) is 4.67. The van der Waals surface area contributed by atoms with E-state index in [1.807, 2.05) is 44.0 Å². The highest BCUT2D eigenvalue weighted by Gasteiger charge is 2.29. The third kappa shape index (κ3) is 6.84. The van der Waals surface area contributed by atoms with Gasteiger partial charge in [-0.2, -0.15) is 5.10 Å². The molecule has 0 aliphatic carbocycles. The molecule has 2 aromatic rings. The number of carbonyl (C=O) groups is 1. The van der Waals surface area contributed by atoms with Gasteiger partial charge in [-0.05, 0) is 64.5 Å². The van der Waals surface area contributed by atoms with Gasteiger partial charge in [0, 0.05) is 45.1 Å². The van der Waals surface area contributed by atoms with Crippen LogP contribution in [0.5, 0.6) is 0 Å². The van der Waals surface area contributed by atoms with E-state index in [-0.39, 0.29) is 6.09 Å². The first kappa shape index (κ1) is 23.8. The van der Waals surface area contributed by atoms with Crippen molar-refractivity contribution < 1.29 is 9.53 Å². The van der Waals surface area contributed by atoms with Crippen LogP contribution in [0, 0.1) is 5.92 Å². The van der Waals surface area contributed by atoms with Crippen molar-refractivity contribution in [3.63, 3.8) is 0 Å². The predicted octanol–water partition coefficient (Wildman–Crippen LogP) is 4.96. The standard InChI is InChI=1S/C24H35ClN6O2/c1-24(2,3)33-23(32)30-12-6-18(7-13-30)16-29-10-8-21(9-11-29)31-17-20(15-27-31)28-22-5-4-19(25)14-26-22/h4-5,14-15,17-18,21H,6-13,16H2,1-3H3,(H,26,28). The Balaban J connectivity index is 1.19. The van der Waals surface area contributed by atoms with E-state index < -0.39 is 5.60 Å². The number of carbonyl (C=O) groups excluding carboxylic acids is 1. The van der Waals surface area contributed by atoms with Crippen LogP contribution < -0.4 is 5.32 Å². The third-order valence-electron chi connectivity index (χ3n) is 6.32. The van der Waals surface area contributed by atoms with E-state index in [0.29, 0.717) is 17.0 Å². The number of halogens is 1. The minimum Gasteiger partial charge on any atom is -0.444 e. The minimum absolute atomic E-state index is 0.179. The Labute approximate surface area is 201 Å². The average molecular weight is 475 g/mol. The van der Waals surface area contributed by atoms with Crippen molar-refractivity contribution in [2.45, 2.75) is 58.1 Å². The highest BCUT2D eigenvalue weighted by atomic mass is 35.5. The Morgan fingerprint density at radius 1 is 1.12 bits per heavy atom. The van der Waals surface area contributed by atoms with Gasteiger partial charge in [0.1, 0.15) is 11.4 Å². The van der Waals surface area contributed by atoms with Gasteiger partial charge in [0.05, 0.1) is 22.9 Å². The number of anilines is 2. The van der Waals surface area contributed by atoms with Crippen LogP contribution in [0.2, 0.25) is 5.02 Å². The van der Waals surface area contributed by atoms with Crippen LogP contribution in [0.15, 0.2) is 30.7 Å². The summed E-state index contributed by atoms with van der Waals surface area (Å²) in [5.74, 6) is 1.40. The lowest BCUT2D eigenvalue weighted by Crippen LogP contribution is -2.45. The van der Waals surface area contributed by atoms with E-state index >= 15 is 0 Å². The number of amides is 1. The summed E-state index contributed by atoms with van der Waals surface area (Å²) in [4.78, 5) is 21.0. The molecule has 0 unspecified atom stereocenters. The molecule has 2 aromatic heterocycles. The van der Waals surface area contributed by atoms with Gasteiger partial charge in [0.15, 0.2) is 0 Å². The number of hydrogen-bond acceptors (Lipinski definition) is 6. The summed E-state index contributed by atoms with van der Waals surface area (Å²) in [7, 11) is 0. The van der Waals surface area contributed by atoms with E-state index in [9.17, 15) is 4.79 Å². The zero-order valence-electron chi connectivity index (χ0n) is 19.8. The summed E-state index contributed by atoms with van der Waals surface area (Å²) < 4.78 is 7.59.